The van der Waals surface area contributed by atoms with Crippen LogP contribution in [0.1, 0.15) is 43.3 Å². The predicted octanol–water partition coefficient (Wildman–Crippen LogP) is 3.00. The summed E-state index contributed by atoms with van der Waals surface area (Å²) in [6.45, 7) is 6.66. The molecule has 2 saturated heterocycles. The lowest BCUT2D eigenvalue weighted by Gasteiger charge is -2.31. The van der Waals surface area contributed by atoms with Gasteiger partial charge in [-0.2, -0.15) is 0 Å². The number of Topliss-reactive ketones (excluding diaryl/α,β-unsaturated/α-hetero) is 1. The van der Waals surface area contributed by atoms with Gasteiger partial charge in [-0.25, -0.2) is 0 Å². The molecule has 7 heteroatoms. The zero-order valence-corrected chi connectivity index (χ0v) is 17.8. The number of hydrogen-bond donors (Lipinski definition) is 1. The van der Waals surface area contributed by atoms with E-state index in [9.17, 15) is 14.4 Å². The zero-order chi connectivity index (χ0) is 20.8. The Labute approximate surface area is 174 Å². The lowest BCUT2D eigenvalue weighted by molar-refractivity contribution is -0.138. The van der Waals surface area contributed by atoms with Crippen molar-refractivity contribution in [1.29, 1.82) is 0 Å². The Morgan fingerprint density at radius 3 is 2.79 bits per heavy atom. The van der Waals surface area contributed by atoms with Crippen LogP contribution in [0.4, 0.5) is 0 Å². The quantitative estimate of drug-likeness (QED) is 0.835. The van der Waals surface area contributed by atoms with Gasteiger partial charge >= 0.3 is 0 Å². The summed E-state index contributed by atoms with van der Waals surface area (Å²) < 4.78 is 6.54. The number of carbonyl (C=O) groups excluding carboxylic acids is 3. The van der Waals surface area contributed by atoms with E-state index < -0.39 is 12.1 Å². The summed E-state index contributed by atoms with van der Waals surface area (Å²) in [7, 11) is 0. The van der Waals surface area contributed by atoms with E-state index >= 15 is 0 Å². The summed E-state index contributed by atoms with van der Waals surface area (Å²) >= 11 is 1.41. The van der Waals surface area contributed by atoms with E-state index in [2.05, 4.69) is 5.32 Å². The summed E-state index contributed by atoms with van der Waals surface area (Å²) in [5, 5.41) is 3.96. The highest BCUT2D eigenvalue weighted by Crippen LogP contribution is 2.30. The molecule has 1 aromatic heterocycles. The van der Waals surface area contributed by atoms with Crippen LogP contribution in [0.25, 0.3) is 10.1 Å². The number of thiophene rings is 1. The van der Waals surface area contributed by atoms with Crippen LogP contribution in [0.15, 0.2) is 30.3 Å². The third kappa shape index (κ3) is 4.07. The Bertz CT molecular complexity index is 928. The normalized spacial score (nSPS) is 22.7. The highest BCUT2D eigenvalue weighted by Gasteiger charge is 2.48. The lowest BCUT2D eigenvalue weighted by Crippen LogP contribution is -2.53. The van der Waals surface area contributed by atoms with Gasteiger partial charge in [0.05, 0.1) is 11.0 Å². The molecule has 1 aromatic carbocycles. The van der Waals surface area contributed by atoms with Gasteiger partial charge < -0.3 is 15.0 Å². The molecule has 0 spiro atoms. The second-order valence-corrected chi connectivity index (χ2v) is 10.1. The average Bonchev–Trinajstić information content (AvgIpc) is 3.35. The first kappa shape index (κ1) is 20.0. The smallest absolute Gasteiger partial charge is 0.262 e. The fourth-order valence-corrected chi connectivity index (χ4v) is 5.14. The Balaban J connectivity index is 1.55. The number of benzene rings is 1. The van der Waals surface area contributed by atoms with E-state index in [1.807, 2.05) is 51.1 Å². The largest absolute Gasteiger partial charge is 0.368 e. The molecular weight excluding hydrogens is 388 g/mol. The highest BCUT2D eigenvalue weighted by atomic mass is 32.1. The number of nitrogens with one attached hydrogen (secondary N) is 1. The van der Waals surface area contributed by atoms with Crippen molar-refractivity contribution in [3.05, 3.63) is 35.2 Å². The first-order valence-electron chi connectivity index (χ1n) is 9.97. The first-order valence-corrected chi connectivity index (χ1v) is 10.8. The maximum absolute atomic E-state index is 13.4. The van der Waals surface area contributed by atoms with E-state index in [4.69, 9.17) is 4.74 Å². The maximum Gasteiger partial charge on any atom is 0.262 e. The van der Waals surface area contributed by atoms with Crippen LogP contribution >= 0.6 is 11.3 Å². The lowest BCUT2D eigenvalue weighted by atomic mass is 9.87. The minimum absolute atomic E-state index is 0.0498. The molecule has 2 aliphatic heterocycles. The second kappa shape index (κ2) is 7.54. The molecule has 2 fully saturated rings. The van der Waals surface area contributed by atoms with Crippen molar-refractivity contribution in [3.63, 3.8) is 0 Å². The van der Waals surface area contributed by atoms with E-state index in [1.165, 1.54) is 11.3 Å². The fourth-order valence-electron chi connectivity index (χ4n) is 4.18. The standard InChI is InChI=1S/C22H26N2O4S/c1-22(2,3)11-14(21(27)24-9-8-16-19(24)15(25)12-28-16)23-20(26)18-10-13-6-4-5-7-17(13)29-18/h4-7,10,14,16,19H,8-9,11-12H2,1-3H3,(H,23,26). The molecule has 0 aliphatic carbocycles. The Kier molecular flexibility index (Phi) is 5.21. The van der Waals surface area contributed by atoms with Crippen LogP contribution in [-0.2, 0) is 14.3 Å². The molecule has 3 atom stereocenters. The van der Waals surface area contributed by atoms with E-state index in [1.54, 1.807) is 4.90 Å². The summed E-state index contributed by atoms with van der Waals surface area (Å²) in [4.78, 5) is 40.7. The third-order valence-corrected chi connectivity index (χ3v) is 6.58. The molecule has 4 rings (SSSR count). The zero-order valence-electron chi connectivity index (χ0n) is 16.9. The van der Waals surface area contributed by atoms with Crippen molar-refractivity contribution in [3.8, 4) is 0 Å². The minimum Gasteiger partial charge on any atom is -0.368 e. The van der Waals surface area contributed by atoms with Crippen molar-refractivity contribution in [2.75, 3.05) is 13.2 Å². The van der Waals surface area contributed by atoms with Gasteiger partial charge in [-0.05, 0) is 35.8 Å². The van der Waals surface area contributed by atoms with Gasteiger partial charge in [0.15, 0.2) is 5.78 Å². The van der Waals surface area contributed by atoms with Crippen LogP contribution in [0.2, 0.25) is 0 Å². The summed E-state index contributed by atoms with van der Waals surface area (Å²) in [6.07, 6.45) is 0.945. The summed E-state index contributed by atoms with van der Waals surface area (Å²) in [6, 6.07) is 8.49. The number of amides is 2. The van der Waals surface area contributed by atoms with Gasteiger partial charge in [0.2, 0.25) is 5.91 Å². The van der Waals surface area contributed by atoms with Gasteiger partial charge in [0, 0.05) is 11.2 Å². The second-order valence-electron chi connectivity index (χ2n) is 9.02. The van der Waals surface area contributed by atoms with E-state index in [0.717, 1.165) is 10.1 Å². The molecule has 0 radical (unpaired) electrons. The number of ketones is 1. The molecule has 3 heterocycles. The number of likely N-dealkylation sites (tertiary alicyclic amines) is 1. The molecule has 154 valence electrons. The molecule has 3 unspecified atom stereocenters. The Morgan fingerprint density at radius 1 is 1.31 bits per heavy atom. The molecule has 2 amide bonds. The SMILES string of the molecule is CC(C)(C)CC(NC(=O)c1cc2ccccc2s1)C(=O)N1CCC2OCC(=O)C21. The summed E-state index contributed by atoms with van der Waals surface area (Å²) in [5.41, 5.74) is -0.164. The predicted molar refractivity (Wildman–Crippen MR) is 112 cm³/mol. The van der Waals surface area contributed by atoms with Crippen molar-refractivity contribution in [2.24, 2.45) is 5.41 Å². The van der Waals surface area contributed by atoms with Crippen LogP contribution in [0.5, 0.6) is 0 Å². The van der Waals surface area contributed by atoms with Gasteiger partial charge in [-0.15, -0.1) is 11.3 Å². The number of carbonyl (C=O) groups is 3. The number of ether oxygens (including phenoxy) is 1. The Hall–Kier alpha value is -2.25. The van der Waals surface area contributed by atoms with Gasteiger partial charge in [0.1, 0.15) is 18.7 Å². The molecule has 6 nitrogen and oxygen atoms in total. The molecule has 29 heavy (non-hydrogen) atoms. The number of hydrogen-bond acceptors (Lipinski definition) is 5. The van der Waals surface area contributed by atoms with E-state index in [-0.39, 0.29) is 35.7 Å². The van der Waals surface area contributed by atoms with Crippen LogP contribution < -0.4 is 5.32 Å². The number of nitrogens with zero attached hydrogens (tertiary/aromatic N) is 1. The van der Waals surface area contributed by atoms with Gasteiger partial charge in [-0.1, -0.05) is 39.0 Å². The van der Waals surface area contributed by atoms with Crippen LogP contribution in [0.3, 0.4) is 0 Å². The van der Waals surface area contributed by atoms with Crippen LogP contribution in [0, 0.1) is 5.41 Å². The molecular formula is C22H26N2O4S. The van der Waals surface area contributed by atoms with Gasteiger partial charge in [0.25, 0.3) is 5.91 Å². The molecule has 2 aliphatic rings. The number of rotatable bonds is 4. The van der Waals surface area contributed by atoms with Crippen molar-refractivity contribution >= 4 is 39.0 Å². The molecule has 1 N–H and O–H groups in total. The summed E-state index contributed by atoms with van der Waals surface area (Å²) in [5.74, 6) is -0.495. The van der Waals surface area contributed by atoms with Crippen molar-refractivity contribution in [1.82, 2.24) is 10.2 Å². The fraction of sp³-hybridized carbons (Fsp3) is 0.500. The average molecular weight is 415 g/mol. The first-order chi connectivity index (χ1) is 13.7. The van der Waals surface area contributed by atoms with Crippen molar-refractivity contribution in [2.45, 2.75) is 51.8 Å². The molecule has 0 saturated carbocycles. The van der Waals surface area contributed by atoms with E-state index in [0.29, 0.717) is 24.3 Å². The Morgan fingerprint density at radius 2 is 2.07 bits per heavy atom. The van der Waals surface area contributed by atoms with Crippen LogP contribution in [-0.4, -0.2) is 53.8 Å². The highest BCUT2D eigenvalue weighted by molar-refractivity contribution is 7.20. The number of fused-ring (bicyclic) bond motifs is 2. The topological polar surface area (TPSA) is 75.7 Å². The monoisotopic (exact) mass is 414 g/mol. The maximum atomic E-state index is 13.4. The molecule has 2 aromatic rings. The third-order valence-electron chi connectivity index (χ3n) is 5.46. The molecule has 0 bridgehead atoms. The van der Waals surface area contributed by atoms with Crippen molar-refractivity contribution < 1.29 is 19.1 Å². The van der Waals surface area contributed by atoms with Gasteiger partial charge in [-0.3, -0.25) is 14.4 Å². The minimum atomic E-state index is -0.681.